The van der Waals surface area contributed by atoms with Gasteiger partial charge in [0.2, 0.25) is 11.8 Å². The zero-order valence-electron chi connectivity index (χ0n) is 18.7. The van der Waals surface area contributed by atoms with Crippen LogP contribution in [0.1, 0.15) is 36.5 Å². The van der Waals surface area contributed by atoms with Crippen LogP contribution in [0.25, 0.3) is 0 Å². The molecule has 4 rings (SSSR count). The van der Waals surface area contributed by atoms with E-state index in [0.29, 0.717) is 6.92 Å². The average Bonchev–Trinajstić information content (AvgIpc) is 3.62. The first-order valence-electron chi connectivity index (χ1n) is 10.9. The lowest BCUT2D eigenvalue weighted by molar-refractivity contribution is -0.118. The molecule has 1 fully saturated rings. The van der Waals surface area contributed by atoms with E-state index in [1.165, 1.54) is 24.5 Å². The van der Waals surface area contributed by atoms with Gasteiger partial charge in [0, 0.05) is 43.4 Å². The maximum atomic E-state index is 14.6. The summed E-state index contributed by atoms with van der Waals surface area (Å²) >= 11 is 0. The van der Waals surface area contributed by atoms with Gasteiger partial charge in [-0.2, -0.15) is 0 Å². The summed E-state index contributed by atoms with van der Waals surface area (Å²) in [5, 5.41) is 2.66. The molecular weight excluding hydrogens is 466 g/mol. The summed E-state index contributed by atoms with van der Waals surface area (Å²) in [6.45, 7) is 0.678. The van der Waals surface area contributed by atoms with Gasteiger partial charge in [-0.05, 0) is 42.2 Å². The van der Waals surface area contributed by atoms with Gasteiger partial charge in [0.25, 0.3) is 5.92 Å². The number of ketones is 1. The molecule has 1 amide bonds. The number of carbonyl (C=O) groups excluding carboxylic acids is 2. The number of nitrogens with zero attached hydrogens (tertiary/aromatic N) is 2. The monoisotopic (exact) mass is 487 g/mol. The normalized spacial score (nSPS) is 13.4. The van der Waals surface area contributed by atoms with Crippen LogP contribution >= 0.6 is 0 Å². The number of ether oxygens (including phenoxy) is 1. The number of rotatable bonds is 9. The van der Waals surface area contributed by atoms with Crippen molar-refractivity contribution in [2.75, 3.05) is 5.32 Å². The zero-order valence-corrected chi connectivity index (χ0v) is 18.7. The molecule has 35 heavy (non-hydrogen) atoms. The highest BCUT2D eigenvalue weighted by Gasteiger charge is 2.30. The van der Waals surface area contributed by atoms with Gasteiger partial charge in [-0.25, -0.2) is 27.5 Å². The van der Waals surface area contributed by atoms with Crippen molar-refractivity contribution in [1.82, 2.24) is 9.97 Å². The molecular formula is C25H21F4N3O3. The number of hydrogen-bond donors (Lipinski definition) is 1. The van der Waals surface area contributed by atoms with Crippen molar-refractivity contribution in [3.63, 3.8) is 0 Å². The molecule has 1 aliphatic carbocycles. The van der Waals surface area contributed by atoms with Crippen LogP contribution in [0.3, 0.4) is 0 Å². The second-order valence-corrected chi connectivity index (χ2v) is 8.45. The number of aromatic nitrogens is 2. The Morgan fingerprint density at radius 3 is 2.43 bits per heavy atom. The molecule has 182 valence electrons. The fourth-order valence-electron chi connectivity index (χ4n) is 3.36. The van der Waals surface area contributed by atoms with Crippen LogP contribution in [0.2, 0.25) is 0 Å². The topological polar surface area (TPSA) is 81.2 Å². The van der Waals surface area contributed by atoms with Gasteiger partial charge in [-0.15, -0.1) is 0 Å². The Labute approximate surface area is 198 Å². The van der Waals surface area contributed by atoms with E-state index in [1.54, 1.807) is 0 Å². The summed E-state index contributed by atoms with van der Waals surface area (Å²) in [4.78, 5) is 32.1. The van der Waals surface area contributed by atoms with Crippen LogP contribution < -0.4 is 10.1 Å². The van der Waals surface area contributed by atoms with Gasteiger partial charge in [0.15, 0.2) is 0 Å². The first-order valence-corrected chi connectivity index (χ1v) is 10.9. The van der Waals surface area contributed by atoms with E-state index in [-0.39, 0.29) is 46.8 Å². The predicted molar refractivity (Wildman–Crippen MR) is 118 cm³/mol. The predicted octanol–water partition coefficient (Wildman–Crippen LogP) is 5.36. The maximum Gasteiger partial charge on any atom is 0.270 e. The number of benzene rings is 2. The van der Waals surface area contributed by atoms with Crippen LogP contribution in [-0.4, -0.2) is 21.7 Å². The lowest BCUT2D eigenvalue weighted by atomic mass is 9.99. The van der Waals surface area contributed by atoms with Gasteiger partial charge >= 0.3 is 0 Å². The third-order valence-electron chi connectivity index (χ3n) is 5.42. The maximum absolute atomic E-state index is 14.6. The minimum absolute atomic E-state index is 0.00768. The third-order valence-corrected chi connectivity index (χ3v) is 5.42. The SMILES string of the molecule is CC(F)(F)c1ccc(F)c(CC(=O)Cc2ccc(Oc3cc(NC(=O)C4CC4)ncn3)cc2F)c1. The average molecular weight is 487 g/mol. The lowest BCUT2D eigenvalue weighted by Gasteiger charge is -2.13. The smallest absolute Gasteiger partial charge is 0.270 e. The number of carbonyl (C=O) groups is 2. The molecule has 1 N–H and O–H groups in total. The summed E-state index contributed by atoms with van der Waals surface area (Å²) in [5.74, 6) is -4.95. The molecule has 1 heterocycles. The fraction of sp³-hybridized carbons (Fsp3) is 0.280. The van der Waals surface area contributed by atoms with E-state index in [0.717, 1.165) is 37.1 Å². The van der Waals surface area contributed by atoms with Crippen LogP contribution in [0.15, 0.2) is 48.8 Å². The Morgan fingerprint density at radius 2 is 1.74 bits per heavy atom. The number of nitrogens with one attached hydrogen (secondary N) is 1. The molecule has 6 nitrogen and oxygen atoms in total. The highest BCUT2D eigenvalue weighted by atomic mass is 19.3. The largest absolute Gasteiger partial charge is 0.439 e. The minimum atomic E-state index is -3.18. The molecule has 1 aliphatic rings. The Kier molecular flexibility index (Phi) is 6.81. The molecule has 0 radical (unpaired) electrons. The Balaban J connectivity index is 1.40. The summed E-state index contributed by atoms with van der Waals surface area (Å²) in [7, 11) is 0. The minimum Gasteiger partial charge on any atom is -0.439 e. The molecule has 1 saturated carbocycles. The first kappa shape index (κ1) is 24.3. The quantitative estimate of drug-likeness (QED) is 0.411. The van der Waals surface area contributed by atoms with Crippen LogP contribution in [0.4, 0.5) is 23.4 Å². The van der Waals surface area contributed by atoms with Gasteiger partial charge in [-0.3, -0.25) is 9.59 Å². The second kappa shape index (κ2) is 9.81. The molecule has 10 heteroatoms. The Bertz CT molecular complexity index is 1270. The van der Waals surface area contributed by atoms with Crippen LogP contribution in [0, 0.1) is 17.6 Å². The second-order valence-electron chi connectivity index (χ2n) is 8.45. The van der Waals surface area contributed by atoms with E-state index in [4.69, 9.17) is 4.74 Å². The zero-order chi connectivity index (χ0) is 25.2. The molecule has 0 aliphatic heterocycles. The number of alkyl halides is 2. The standard InChI is InChI=1S/C25H21F4N3O3/c1-25(28,29)17-5-7-20(26)16(8-17)10-18(33)9-15-4-6-19(11-21(15)27)35-23-12-22(30-13-31-23)32-24(34)14-2-3-14/h4-8,11-14H,2-3,9-10H2,1H3,(H,30,31,32,34). The van der Waals surface area contributed by atoms with Gasteiger partial charge in [0.05, 0.1) is 0 Å². The van der Waals surface area contributed by atoms with Crippen molar-refractivity contribution in [2.45, 2.75) is 38.5 Å². The highest BCUT2D eigenvalue weighted by Crippen LogP contribution is 2.31. The van der Waals surface area contributed by atoms with E-state index in [9.17, 15) is 27.2 Å². The molecule has 0 atom stereocenters. The highest BCUT2D eigenvalue weighted by molar-refractivity contribution is 5.93. The van der Waals surface area contributed by atoms with Crippen molar-refractivity contribution in [2.24, 2.45) is 5.92 Å². The number of Topliss-reactive ketones (excluding diaryl/α,β-unsaturated/α-hetero) is 1. The van der Waals surface area contributed by atoms with E-state index in [2.05, 4.69) is 15.3 Å². The lowest BCUT2D eigenvalue weighted by Crippen LogP contribution is -2.14. The molecule has 0 spiro atoms. The summed E-state index contributed by atoms with van der Waals surface area (Å²) in [5.41, 5.74) is -0.545. The Hall–Kier alpha value is -3.82. The van der Waals surface area contributed by atoms with Crippen molar-refractivity contribution >= 4 is 17.5 Å². The third kappa shape index (κ3) is 6.40. The summed E-state index contributed by atoms with van der Waals surface area (Å²) in [6, 6.07) is 8.02. The Morgan fingerprint density at radius 1 is 1.00 bits per heavy atom. The summed E-state index contributed by atoms with van der Waals surface area (Å²) in [6.07, 6.45) is 2.06. The van der Waals surface area contributed by atoms with Crippen molar-refractivity contribution in [3.8, 4) is 11.6 Å². The van der Waals surface area contributed by atoms with Gasteiger partial charge in [-0.1, -0.05) is 12.1 Å². The number of anilines is 1. The molecule has 2 aromatic carbocycles. The van der Waals surface area contributed by atoms with Gasteiger partial charge < -0.3 is 10.1 Å². The first-order chi connectivity index (χ1) is 16.6. The summed E-state index contributed by atoms with van der Waals surface area (Å²) < 4.78 is 61.2. The molecule has 1 aromatic heterocycles. The molecule has 0 saturated heterocycles. The van der Waals surface area contributed by atoms with Crippen molar-refractivity contribution in [1.29, 1.82) is 0 Å². The number of halogens is 4. The van der Waals surface area contributed by atoms with E-state index < -0.39 is 35.3 Å². The van der Waals surface area contributed by atoms with Crippen LogP contribution in [-0.2, 0) is 28.4 Å². The molecule has 0 unspecified atom stereocenters. The number of hydrogen-bond acceptors (Lipinski definition) is 5. The van der Waals surface area contributed by atoms with Crippen molar-refractivity contribution in [3.05, 3.63) is 77.1 Å². The van der Waals surface area contributed by atoms with Crippen molar-refractivity contribution < 1.29 is 31.9 Å². The van der Waals surface area contributed by atoms with Crippen LogP contribution in [0.5, 0.6) is 11.6 Å². The van der Waals surface area contributed by atoms with Gasteiger partial charge in [0.1, 0.15) is 35.3 Å². The molecule has 0 bridgehead atoms. The fourth-order valence-corrected chi connectivity index (χ4v) is 3.36. The number of amides is 1. The molecule has 3 aromatic rings. The van der Waals surface area contributed by atoms with E-state index in [1.807, 2.05) is 0 Å². The van der Waals surface area contributed by atoms with E-state index >= 15 is 0 Å².